The smallest absolute Gasteiger partial charge is 0.193 e. The van der Waals surface area contributed by atoms with Crippen LogP contribution in [-0.4, -0.2) is 25.0 Å². The molecule has 0 heterocycles. The third kappa shape index (κ3) is 6.03. The number of rotatable bonds is 5. The number of hydrogen-bond donors (Lipinski definition) is 2. The van der Waals surface area contributed by atoms with Crippen LogP contribution in [0.1, 0.15) is 11.1 Å². The van der Waals surface area contributed by atoms with E-state index in [4.69, 9.17) is 5.73 Å². The highest BCUT2D eigenvalue weighted by Crippen LogP contribution is 2.12. The van der Waals surface area contributed by atoms with Crippen LogP contribution in [0.15, 0.2) is 59.6 Å². The van der Waals surface area contributed by atoms with Crippen molar-refractivity contribution in [2.45, 2.75) is 13.1 Å². The SMILES string of the molecule is CN(C)Cc1ccccc1CN=C(N)Nc1ccccc1.I. The third-order valence-electron chi connectivity index (χ3n) is 3.07. The van der Waals surface area contributed by atoms with Gasteiger partial charge in [-0.25, -0.2) is 4.99 Å². The fourth-order valence-electron chi connectivity index (χ4n) is 2.09. The van der Waals surface area contributed by atoms with Gasteiger partial charge in [-0.3, -0.25) is 0 Å². The molecule has 2 aromatic carbocycles. The Balaban J connectivity index is 0.00000242. The van der Waals surface area contributed by atoms with Crippen LogP contribution >= 0.6 is 24.0 Å². The molecule has 0 spiro atoms. The van der Waals surface area contributed by atoms with E-state index >= 15 is 0 Å². The fraction of sp³-hybridized carbons (Fsp3) is 0.235. The van der Waals surface area contributed by atoms with E-state index in [1.807, 2.05) is 36.4 Å². The minimum absolute atomic E-state index is 0. The number of halogens is 1. The lowest BCUT2D eigenvalue weighted by Crippen LogP contribution is -2.22. The molecule has 2 rings (SSSR count). The van der Waals surface area contributed by atoms with Crippen molar-refractivity contribution in [3.8, 4) is 0 Å². The van der Waals surface area contributed by atoms with Gasteiger partial charge in [-0.2, -0.15) is 0 Å². The number of anilines is 1. The molecule has 22 heavy (non-hydrogen) atoms. The molecule has 0 aromatic heterocycles. The predicted molar refractivity (Wildman–Crippen MR) is 105 cm³/mol. The Hall–Kier alpha value is -1.60. The van der Waals surface area contributed by atoms with Crippen molar-refractivity contribution in [1.29, 1.82) is 0 Å². The molecule has 0 aliphatic carbocycles. The standard InChI is InChI=1S/C17H22N4.HI/c1-21(2)13-15-9-7-6-8-14(15)12-19-17(18)20-16-10-4-3-5-11-16;/h3-11H,12-13H2,1-2H3,(H3,18,19,20);1H. The summed E-state index contributed by atoms with van der Waals surface area (Å²) in [5.41, 5.74) is 9.35. The molecule has 0 fully saturated rings. The van der Waals surface area contributed by atoms with E-state index in [0.717, 1.165) is 12.2 Å². The van der Waals surface area contributed by atoms with Gasteiger partial charge in [-0.05, 0) is 37.4 Å². The zero-order chi connectivity index (χ0) is 15.1. The van der Waals surface area contributed by atoms with Gasteiger partial charge >= 0.3 is 0 Å². The molecule has 3 N–H and O–H groups in total. The average Bonchev–Trinajstić information content (AvgIpc) is 2.47. The van der Waals surface area contributed by atoms with Crippen LogP contribution in [-0.2, 0) is 13.1 Å². The van der Waals surface area contributed by atoms with E-state index in [-0.39, 0.29) is 24.0 Å². The van der Waals surface area contributed by atoms with E-state index in [9.17, 15) is 0 Å². The number of benzene rings is 2. The monoisotopic (exact) mass is 410 g/mol. The Morgan fingerprint density at radius 1 is 1.00 bits per heavy atom. The summed E-state index contributed by atoms with van der Waals surface area (Å²) in [6.07, 6.45) is 0. The molecule has 0 aliphatic rings. The summed E-state index contributed by atoms with van der Waals surface area (Å²) in [5, 5.41) is 3.09. The van der Waals surface area contributed by atoms with Crippen LogP contribution in [0.25, 0.3) is 0 Å². The van der Waals surface area contributed by atoms with Crippen molar-refractivity contribution < 1.29 is 0 Å². The van der Waals surface area contributed by atoms with Crippen LogP contribution in [0.5, 0.6) is 0 Å². The van der Waals surface area contributed by atoms with E-state index in [1.165, 1.54) is 11.1 Å². The number of nitrogens with one attached hydrogen (secondary N) is 1. The molecule has 2 aromatic rings. The van der Waals surface area contributed by atoms with Gasteiger partial charge in [-0.15, -0.1) is 24.0 Å². The van der Waals surface area contributed by atoms with Crippen molar-refractivity contribution in [1.82, 2.24) is 4.90 Å². The maximum atomic E-state index is 5.93. The summed E-state index contributed by atoms with van der Waals surface area (Å²) in [5.74, 6) is 0.431. The molecule has 5 heteroatoms. The number of nitrogens with zero attached hydrogens (tertiary/aromatic N) is 2. The van der Waals surface area contributed by atoms with E-state index < -0.39 is 0 Å². The largest absolute Gasteiger partial charge is 0.370 e. The lowest BCUT2D eigenvalue weighted by atomic mass is 10.1. The lowest BCUT2D eigenvalue weighted by molar-refractivity contribution is 0.401. The van der Waals surface area contributed by atoms with Gasteiger partial charge in [-0.1, -0.05) is 42.5 Å². The van der Waals surface area contributed by atoms with Crippen molar-refractivity contribution in [2.75, 3.05) is 19.4 Å². The fourth-order valence-corrected chi connectivity index (χ4v) is 2.09. The highest BCUT2D eigenvalue weighted by molar-refractivity contribution is 14.0. The number of para-hydroxylation sites is 1. The second-order valence-corrected chi connectivity index (χ2v) is 5.20. The Bertz CT molecular complexity index is 597. The zero-order valence-electron chi connectivity index (χ0n) is 13.0. The maximum absolute atomic E-state index is 5.93. The molecule has 0 saturated carbocycles. The van der Waals surface area contributed by atoms with Crippen molar-refractivity contribution in [3.63, 3.8) is 0 Å². The van der Waals surface area contributed by atoms with Crippen LogP contribution < -0.4 is 11.1 Å². The van der Waals surface area contributed by atoms with Gasteiger partial charge in [0.05, 0.1) is 6.54 Å². The van der Waals surface area contributed by atoms with E-state index in [2.05, 4.69) is 47.5 Å². The molecule has 118 valence electrons. The molecule has 0 radical (unpaired) electrons. The second kappa shape index (κ2) is 9.42. The summed E-state index contributed by atoms with van der Waals surface area (Å²) in [4.78, 5) is 6.57. The molecule has 4 nitrogen and oxygen atoms in total. The van der Waals surface area contributed by atoms with Gasteiger partial charge in [0.15, 0.2) is 5.96 Å². The molecule has 0 saturated heterocycles. The number of hydrogen-bond acceptors (Lipinski definition) is 2. The van der Waals surface area contributed by atoms with Crippen LogP contribution in [0.4, 0.5) is 5.69 Å². The van der Waals surface area contributed by atoms with Crippen LogP contribution in [0.3, 0.4) is 0 Å². The summed E-state index contributed by atoms with van der Waals surface area (Å²) < 4.78 is 0. The van der Waals surface area contributed by atoms with E-state index in [1.54, 1.807) is 0 Å². The van der Waals surface area contributed by atoms with Crippen LogP contribution in [0.2, 0.25) is 0 Å². The first-order chi connectivity index (χ1) is 10.1. The topological polar surface area (TPSA) is 53.6 Å². The van der Waals surface area contributed by atoms with Crippen molar-refractivity contribution >= 4 is 35.6 Å². The Morgan fingerprint density at radius 3 is 2.23 bits per heavy atom. The van der Waals surface area contributed by atoms with Gasteiger partial charge in [0, 0.05) is 12.2 Å². The predicted octanol–water partition coefficient (Wildman–Crippen LogP) is 3.29. The van der Waals surface area contributed by atoms with Gasteiger partial charge < -0.3 is 16.0 Å². The molecule has 0 amide bonds. The number of guanidine groups is 1. The Labute approximate surface area is 149 Å². The molecular weight excluding hydrogens is 387 g/mol. The summed E-state index contributed by atoms with van der Waals surface area (Å²) in [7, 11) is 4.12. The van der Waals surface area contributed by atoms with Crippen molar-refractivity contribution in [3.05, 3.63) is 65.7 Å². The molecule has 0 aliphatic heterocycles. The first kappa shape index (κ1) is 18.4. The number of nitrogens with two attached hydrogens (primary N) is 1. The molecule has 0 atom stereocenters. The van der Waals surface area contributed by atoms with Gasteiger partial charge in [0.2, 0.25) is 0 Å². The van der Waals surface area contributed by atoms with Gasteiger partial charge in [0.1, 0.15) is 0 Å². The third-order valence-corrected chi connectivity index (χ3v) is 3.07. The normalized spacial score (nSPS) is 11.1. The molecule has 0 unspecified atom stereocenters. The quantitative estimate of drug-likeness (QED) is 0.452. The van der Waals surface area contributed by atoms with Crippen molar-refractivity contribution in [2.24, 2.45) is 10.7 Å². The summed E-state index contributed by atoms with van der Waals surface area (Å²) in [6.45, 7) is 1.48. The zero-order valence-corrected chi connectivity index (χ0v) is 15.3. The molecule has 0 bridgehead atoms. The first-order valence-electron chi connectivity index (χ1n) is 6.98. The maximum Gasteiger partial charge on any atom is 0.193 e. The van der Waals surface area contributed by atoms with Gasteiger partial charge in [0.25, 0.3) is 0 Å². The van der Waals surface area contributed by atoms with Crippen LogP contribution in [0, 0.1) is 0 Å². The minimum atomic E-state index is 0. The summed E-state index contributed by atoms with van der Waals surface area (Å²) >= 11 is 0. The molecular formula is C17H23IN4. The highest BCUT2D eigenvalue weighted by Gasteiger charge is 2.02. The lowest BCUT2D eigenvalue weighted by Gasteiger charge is -2.13. The second-order valence-electron chi connectivity index (χ2n) is 5.20. The van der Waals surface area contributed by atoms with E-state index in [0.29, 0.717) is 12.5 Å². The Kier molecular flexibility index (Phi) is 7.90. The Morgan fingerprint density at radius 2 is 1.59 bits per heavy atom. The number of aliphatic imine (C=N–C) groups is 1. The minimum Gasteiger partial charge on any atom is -0.370 e. The first-order valence-corrected chi connectivity index (χ1v) is 6.98. The summed E-state index contributed by atoms with van der Waals surface area (Å²) in [6, 6.07) is 18.1. The highest BCUT2D eigenvalue weighted by atomic mass is 127. The average molecular weight is 410 g/mol.